The molecule has 2 nitrogen and oxygen atoms in total. The average molecular weight is 264 g/mol. The van der Waals surface area contributed by atoms with E-state index in [4.69, 9.17) is 4.74 Å². The van der Waals surface area contributed by atoms with E-state index in [2.05, 4.69) is 38.2 Å². The fourth-order valence-corrected chi connectivity index (χ4v) is 2.39. The maximum absolute atomic E-state index is 11.9. The first-order chi connectivity index (χ1) is 9.26. The van der Waals surface area contributed by atoms with Gasteiger partial charge in [-0.2, -0.15) is 0 Å². The predicted molar refractivity (Wildman–Crippen MR) is 80.1 cm³/mol. The van der Waals surface area contributed by atoms with Crippen LogP contribution in [0.1, 0.15) is 52.4 Å². The van der Waals surface area contributed by atoms with Gasteiger partial charge >= 0.3 is 0 Å². The molecule has 0 aromatic carbocycles. The van der Waals surface area contributed by atoms with E-state index in [9.17, 15) is 4.79 Å². The van der Waals surface area contributed by atoms with E-state index in [1.807, 2.05) is 0 Å². The number of carbonyl (C=O) groups excluding carboxylic acids is 1. The molecule has 2 heteroatoms. The number of rotatable bonds is 10. The van der Waals surface area contributed by atoms with Crippen LogP contribution in [0.25, 0.3) is 0 Å². The number of hydrogen-bond donors (Lipinski definition) is 0. The summed E-state index contributed by atoms with van der Waals surface area (Å²) in [5.41, 5.74) is 0. The first-order valence-corrected chi connectivity index (χ1v) is 7.69. The number of unbranched alkanes of at least 4 members (excludes halogenated alkanes) is 1. The molecule has 1 rings (SSSR count). The molecule has 1 unspecified atom stereocenters. The molecule has 0 N–H and O–H groups in total. The average Bonchev–Trinajstić information content (AvgIpc) is 2.44. The Bertz CT molecular complexity index is 292. The van der Waals surface area contributed by atoms with Crippen molar-refractivity contribution in [1.29, 1.82) is 0 Å². The normalized spacial score (nSPS) is 16.7. The lowest BCUT2D eigenvalue weighted by molar-refractivity contribution is -0.124. The third kappa shape index (κ3) is 7.31. The first kappa shape index (κ1) is 16.2. The number of ketones is 1. The smallest absolute Gasteiger partial charge is 0.158 e. The molecule has 0 heterocycles. The standard InChI is InChI=1S/C17H28O2/c1-3-5-9-15(4-2)12-17(18)14-19-13-16-10-7-6-8-11-16/h7-8,10-11,15-16H,3-6,9,12-14H2,1-2H3. The molecule has 1 aliphatic carbocycles. The van der Waals surface area contributed by atoms with Gasteiger partial charge in [0.05, 0.1) is 6.61 Å². The zero-order valence-corrected chi connectivity index (χ0v) is 12.4. The summed E-state index contributed by atoms with van der Waals surface area (Å²) < 4.78 is 5.53. The van der Waals surface area contributed by atoms with E-state index in [1.165, 1.54) is 19.3 Å². The second-order valence-electron chi connectivity index (χ2n) is 5.43. The van der Waals surface area contributed by atoms with Gasteiger partial charge in [-0.15, -0.1) is 0 Å². The van der Waals surface area contributed by atoms with Crippen molar-refractivity contribution in [2.24, 2.45) is 11.8 Å². The Balaban J connectivity index is 2.14. The van der Waals surface area contributed by atoms with E-state index in [1.54, 1.807) is 0 Å². The van der Waals surface area contributed by atoms with Crippen molar-refractivity contribution in [3.05, 3.63) is 24.3 Å². The molecule has 0 saturated heterocycles. The van der Waals surface area contributed by atoms with Gasteiger partial charge in [0.15, 0.2) is 5.78 Å². The van der Waals surface area contributed by atoms with Crippen LogP contribution in [0.15, 0.2) is 24.3 Å². The molecule has 0 aliphatic heterocycles. The highest BCUT2D eigenvalue weighted by molar-refractivity contribution is 5.79. The Morgan fingerprint density at radius 3 is 2.68 bits per heavy atom. The number of allylic oxidation sites excluding steroid dienone is 2. The molecule has 0 bridgehead atoms. The van der Waals surface area contributed by atoms with Crippen LogP contribution in [0.5, 0.6) is 0 Å². The summed E-state index contributed by atoms with van der Waals surface area (Å²) in [4.78, 5) is 11.9. The zero-order valence-electron chi connectivity index (χ0n) is 12.4. The van der Waals surface area contributed by atoms with Gasteiger partial charge in [0.2, 0.25) is 0 Å². The number of Topliss-reactive ketones (excluding diaryl/α,β-unsaturated/α-hetero) is 1. The van der Waals surface area contributed by atoms with Crippen molar-refractivity contribution in [2.45, 2.75) is 52.4 Å². The van der Waals surface area contributed by atoms with Crippen LogP contribution >= 0.6 is 0 Å². The lowest BCUT2D eigenvalue weighted by Crippen LogP contribution is -2.16. The lowest BCUT2D eigenvalue weighted by atomic mass is 9.94. The molecule has 1 aliphatic rings. The molecule has 1 atom stereocenters. The highest BCUT2D eigenvalue weighted by Gasteiger charge is 2.12. The second-order valence-corrected chi connectivity index (χ2v) is 5.43. The van der Waals surface area contributed by atoms with Crippen LogP contribution in [0, 0.1) is 11.8 Å². The maximum Gasteiger partial charge on any atom is 0.158 e. The van der Waals surface area contributed by atoms with Crippen LogP contribution in [0.2, 0.25) is 0 Å². The highest BCUT2D eigenvalue weighted by Crippen LogP contribution is 2.17. The van der Waals surface area contributed by atoms with Gasteiger partial charge < -0.3 is 4.74 Å². The molecule has 0 aromatic heterocycles. The van der Waals surface area contributed by atoms with Crippen LogP contribution in [-0.4, -0.2) is 19.0 Å². The van der Waals surface area contributed by atoms with Crippen molar-refractivity contribution in [1.82, 2.24) is 0 Å². The lowest BCUT2D eigenvalue weighted by Gasteiger charge is -2.14. The number of ether oxygens (including phenoxy) is 1. The van der Waals surface area contributed by atoms with Gasteiger partial charge in [-0.3, -0.25) is 4.79 Å². The van der Waals surface area contributed by atoms with Crippen molar-refractivity contribution in [2.75, 3.05) is 13.2 Å². The highest BCUT2D eigenvalue weighted by atomic mass is 16.5. The minimum Gasteiger partial charge on any atom is -0.373 e. The quantitative estimate of drug-likeness (QED) is 0.550. The maximum atomic E-state index is 11.9. The zero-order chi connectivity index (χ0) is 13.9. The monoisotopic (exact) mass is 264 g/mol. The van der Waals surface area contributed by atoms with Crippen molar-refractivity contribution in [3.8, 4) is 0 Å². The van der Waals surface area contributed by atoms with Crippen LogP contribution in [-0.2, 0) is 9.53 Å². The first-order valence-electron chi connectivity index (χ1n) is 7.69. The minimum atomic E-state index is 0.256. The Kier molecular flexibility index (Phi) is 8.48. The summed E-state index contributed by atoms with van der Waals surface area (Å²) in [5.74, 6) is 1.15. The molecule has 19 heavy (non-hydrogen) atoms. The number of carbonyl (C=O) groups is 1. The molecule has 0 spiro atoms. The molecule has 108 valence electrons. The summed E-state index contributed by atoms with van der Waals surface area (Å²) in [6.07, 6.45) is 15.0. The van der Waals surface area contributed by atoms with Gasteiger partial charge in [0.25, 0.3) is 0 Å². The third-order valence-electron chi connectivity index (χ3n) is 3.67. The fraction of sp³-hybridized carbons (Fsp3) is 0.706. The molecule has 0 amide bonds. The number of hydrogen-bond acceptors (Lipinski definition) is 2. The van der Waals surface area contributed by atoms with Gasteiger partial charge in [-0.05, 0) is 12.3 Å². The summed E-state index contributed by atoms with van der Waals surface area (Å²) in [6, 6.07) is 0. The van der Waals surface area contributed by atoms with Gasteiger partial charge in [0, 0.05) is 12.3 Å². The predicted octanol–water partition coefficient (Wildman–Crippen LogP) is 4.31. The topological polar surface area (TPSA) is 26.3 Å². The van der Waals surface area contributed by atoms with Gasteiger partial charge in [0.1, 0.15) is 6.61 Å². The summed E-state index contributed by atoms with van der Waals surface area (Å²) >= 11 is 0. The molecular weight excluding hydrogens is 236 g/mol. The van der Waals surface area contributed by atoms with Gasteiger partial charge in [-0.1, -0.05) is 63.8 Å². The van der Waals surface area contributed by atoms with Crippen LogP contribution < -0.4 is 0 Å². The summed E-state index contributed by atoms with van der Waals surface area (Å²) in [7, 11) is 0. The Hall–Kier alpha value is -0.890. The van der Waals surface area contributed by atoms with E-state index in [0.717, 1.165) is 12.8 Å². The molecule has 0 aromatic rings. The summed E-state index contributed by atoms with van der Waals surface area (Å²) in [5, 5.41) is 0. The second kappa shape index (κ2) is 9.96. The Labute approximate surface area is 117 Å². The SMILES string of the molecule is CCCCC(CC)CC(=O)COCC1C=CCC=C1. The van der Waals surface area contributed by atoms with E-state index in [-0.39, 0.29) is 12.4 Å². The fourth-order valence-electron chi connectivity index (χ4n) is 2.39. The Morgan fingerprint density at radius 2 is 2.05 bits per heavy atom. The Morgan fingerprint density at radius 1 is 1.32 bits per heavy atom. The minimum absolute atomic E-state index is 0.256. The van der Waals surface area contributed by atoms with E-state index in [0.29, 0.717) is 24.9 Å². The molecule has 0 fully saturated rings. The van der Waals surface area contributed by atoms with Crippen molar-refractivity contribution < 1.29 is 9.53 Å². The molecular formula is C17H28O2. The summed E-state index contributed by atoms with van der Waals surface area (Å²) in [6.45, 7) is 5.28. The third-order valence-corrected chi connectivity index (χ3v) is 3.67. The molecule has 0 radical (unpaired) electrons. The molecule has 0 saturated carbocycles. The van der Waals surface area contributed by atoms with Crippen LogP contribution in [0.4, 0.5) is 0 Å². The van der Waals surface area contributed by atoms with Crippen molar-refractivity contribution >= 4 is 5.78 Å². The van der Waals surface area contributed by atoms with Crippen LogP contribution in [0.3, 0.4) is 0 Å². The van der Waals surface area contributed by atoms with E-state index < -0.39 is 0 Å². The van der Waals surface area contributed by atoms with Crippen molar-refractivity contribution in [3.63, 3.8) is 0 Å². The van der Waals surface area contributed by atoms with E-state index >= 15 is 0 Å². The van der Waals surface area contributed by atoms with Gasteiger partial charge in [-0.25, -0.2) is 0 Å². The largest absolute Gasteiger partial charge is 0.373 e.